The normalized spacial score (nSPS) is 15.3. The molecule has 0 aliphatic heterocycles. The number of nitrogens with two attached hydrogens (primary N) is 1. The molecule has 0 unspecified atom stereocenters. The highest BCUT2D eigenvalue weighted by Gasteiger charge is 2.34. The van der Waals surface area contributed by atoms with Crippen LogP contribution in [0.4, 0.5) is 23.9 Å². The Morgan fingerprint density at radius 1 is 1.47 bits per heavy atom. The lowest BCUT2D eigenvalue weighted by Crippen LogP contribution is -2.24. The van der Waals surface area contributed by atoms with Gasteiger partial charge in [-0.3, -0.25) is 0 Å². The standard InChI is InChI=1S/C12H14F3N3S/c1-18(5-4-12(13,14)15)11-9(7-2-3-7)10(17)8(6-16)19-11/h7H,2-5,17H2,1H3. The van der Waals surface area contributed by atoms with E-state index in [1.54, 1.807) is 11.9 Å². The zero-order chi connectivity index (χ0) is 14.2. The summed E-state index contributed by atoms with van der Waals surface area (Å²) in [5.41, 5.74) is 7.23. The fourth-order valence-corrected chi connectivity index (χ4v) is 3.07. The Bertz CT molecular complexity index is 512. The van der Waals surface area contributed by atoms with Crippen molar-refractivity contribution in [2.45, 2.75) is 31.4 Å². The maximum Gasteiger partial charge on any atom is 0.390 e. The number of nitrogens with zero attached hydrogens (tertiary/aromatic N) is 2. The van der Waals surface area contributed by atoms with Crippen molar-refractivity contribution in [1.29, 1.82) is 5.26 Å². The van der Waals surface area contributed by atoms with Crippen LogP contribution in [-0.4, -0.2) is 19.8 Å². The molecule has 0 radical (unpaired) electrons. The van der Waals surface area contributed by atoms with E-state index in [1.165, 1.54) is 11.3 Å². The minimum atomic E-state index is -4.17. The second-order valence-electron chi connectivity index (χ2n) is 4.74. The zero-order valence-electron chi connectivity index (χ0n) is 10.4. The van der Waals surface area contributed by atoms with Crippen molar-refractivity contribution >= 4 is 22.0 Å². The molecule has 0 spiro atoms. The van der Waals surface area contributed by atoms with Crippen molar-refractivity contribution in [3.8, 4) is 6.07 Å². The Morgan fingerprint density at radius 2 is 2.11 bits per heavy atom. The molecule has 1 heterocycles. The third kappa shape index (κ3) is 3.13. The molecule has 2 N–H and O–H groups in total. The van der Waals surface area contributed by atoms with Crippen molar-refractivity contribution in [2.75, 3.05) is 24.2 Å². The largest absolute Gasteiger partial charge is 0.397 e. The molecule has 7 heteroatoms. The molecule has 1 aliphatic rings. The first-order valence-corrected chi connectivity index (χ1v) is 6.75. The summed E-state index contributed by atoms with van der Waals surface area (Å²) >= 11 is 1.19. The van der Waals surface area contributed by atoms with Gasteiger partial charge in [0.25, 0.3) is 0 Å². The van der Waals surface area contributed by atoms with E-state index in [0.717, 1.165) is 18.4 Å². The lowest BCUT2D eigenvalue weighted by molar-refractivity contribution is -0.132. The fourth-order valence-electron chi connectivity index (χ4n) is 1.97. The molecule has 1 aromatic rings. The van der Waals surface area contributed by atoms with Gasteiger partial charge in [0.15, 0.2) is 0 Å². The highest BCUT2D eigenvalue weighted by Crippen LogP contribution is 2.51. The van der Waals surface area contributed by atoms with Crippen molar-refractivity contribution < 1.29 is 13.2 Å². The number of thiophene rings is 1. The summed E-state index contributed by atoms with van der Waals surface area (Å²) in [6.45, 7) is -0.117. The average Bonchev–Trinajstić information content (AvgIpc) is 3.09. The molecule has 0 aromatic carbocycles. The summed E-state index contributed by atoms with van der Waals surface area (Å²) < 4.78 is 36.8. The van der Waals surface area contributed by atoms with Gasteiger partial charge in [0.05, 0.1) is 17.1 Å². The Labute approximate surface area is 113 Å². The predicted molar refractivity (Wildman–Crippen MR) is 69.4 cm³/mol. The topological polar surface area (TPSA) is 53.0 Å². The van der Waals surface area contributed by atoms with Gasteiger partial charge in [0, 0.05) is 19.2 Å². The van der Waals surface area contributed by atoms with Crippen LogP contribution in [0.5, 0.6) is 0 Å². The molecule has 3 nitrogen and oxygen atoms in total. The van der Waals surface area contributed by atoms with Crippen LogP contribution in [0.2, 0.25) is 0 Å². The number of halogens is 3. The van der Waals surface area contributed by atoms with E-state index in [4.69, 9.17) is 11.0 Å². The van der Waals surface area contributed by atoms with Crippen LogP contribution in [-0.2, 0) is 0 Å². The first-order chi connectivity index (χ1) is 8.83. The minimum Gasteiger partial charge on any atom is -0.397 e. The molecule has 0 atom stereocenters. The van der Waals surface area contributed by atoms with Crippen LogP contribution in [0.25, 0.3) is 0 Å². The highest BCUT2D eigenvalue weighted by molar-refractivity contribution is 7.17. The molecular weight excluding hydrogens is 275 g/mol. The van der Waals surface area contributed by atoms with Crippen LogP contribution in [0.1, 0.15) is 35.6 Å². The molecule has 19 heavy (non-hydrogen) atoms. The SMILES string of the molecule is CN(CCC(F)(F)F)c1sc(C#N)c(N)c1C1CC1. The van der Waals surface area contributed by atoms with Crippen molar-refractivity contribution in [3.63, 3.8) is 0 Å². The third-order valence-corrected chi connectivity index (χ3v) is 4.37. The summed E-state index contributed by atoms with van der Waals surface area (Å²) in [6.07, 6.45) is -3.06. The summed E-state index contributed by atoms with van der Waals surface area (Å²) in [5, 5.41) is 9.69. The number of anilines is 2. The lowest BCUT2D eigenvalue weighted by atomic mass is 10.1. The summed E-state index contributed by atoms with van der Waals surface area (Å²) in [6, 6.07) is 2.01. The number of hydrogen-bond acceptors (Lipinski definition) is 4. The van der Waals surface area contributed by atoms with Gasteiger partial charge in [-0.25, -0.2) is 0 Å². The Hall–Kier alpha value is -1.42. The zero-order valence-corrected chi connectivity index (χ0v) is 11.2. The Kier molecular flexibility index (Phi) is 3.63. The molecular formula is C12H14F3N3S. The lowest BCUT2D eigenvalue weighted by Gasteiger charge is -2.20. The Balaban J connectivity index is 2.21. The molecule has 0 amide bonds. The van der Waals surface area contributed by atoms with Gasteiger partial charge in [0.2, 0.25) is 0 Å². The number of hydrogen-bond donors (Lipinski definition) is 1. The van der Waals surface area contributed by atoms with E-state index in [-0.39, 0.29) is 6.54 Å². The van der Waals surface area contributed by atoms with E-state index in [9.17, 15) is 13.2 Å². The smallest absolute Gasteiger partial charge is 0.390 e. The molecule has 0 saturated heterocycles. The first-order valence-electron chi connectivity index (χ1n) is 5.93. The first kappa shape index (κ1) is 14.0. The number of alkyl halides is 3. The highest BCUT2D eigenvalue weighted by atomic mass is 32.1. The summed E-state index contributed by atoms with van der Waals surface area (Å²) in [7, 11) is 1.62. The van der Waals surface area contributed by atoms with Crippen LogP contribution >= 0.6 is 11.3 Å². The summed E-state index contributed by atoms with van der Waals surface area (Å²) in [5.74, 6) is 0.307. The molecule has 2 rings (SSSR count). The maximum absolute atomic E-state index is 12.3. The second kappa shape index (κ2) is 4.93. The fraction of sp³-hybridized carbons (Fsp3) is 0.583. The van der Waals surface area contributed by atoms with Gasteiger partial charge in [-0.1, -0.05) is 0 Å². The number of rotatable bonds is 4. The molecule has 104 valence electrons. The van der Waals surface area contributed by atoms with Gasteiger partial charge < -0.3 is 10.6 Å². The van der Waals surface area contributed by atoms with E-state index >= 15 is 0 Å². The molecule has 1 aliphatic carbocycles. The van der Waals surface area contributed by atoms with Crippen molar-refractivity contribution in [1.82, 2.24) is 0 Å². The molecule has 0 bridgehead atoms. The van der Waals surface area contributed by atoms with Gasteiger partial charge >= 0.3 is 6.18 Å². The molecule has 1 fully saturated rings. The van der Waals surface area contributed by atoms with E-state index < -0.39 is 12.6 Å². The monoisotopic (exact) mass is 289 g/mol. The van der Waals surface area contributed by atoms with Crippen LogP contribution in [0.3, 0.4) is 0 Å². The second-order valence-corrected chi connectivity index (χ2v) is 5.74. The average molecular weight is 289 g/mol. The minimum absolute atomic E-state index is 0.117. The van der Waals surface area contributed by atoms with Crippen LogP contribution in [0, 0.1) is 11.3 Å². The third-order valence-electron chi connectivity index (χ3n) is 3.13. The van der Waals surface area contributed by atoms with Gasteiger partial charge in [-0.05, 0) is 18.8 Å². The quantitative estimate of drug-likeness (QED) is 0.923. The number of nitriles is 1. The summed E-state index contributed by atoms with van der Waals surface area (Å²) in [4.78, 5) is 1.96. The Morgan fingerprint density at radius 3 is 2.58 bits per heavy atom. The predicted octanol–water partition coefficient (Wildman–Crippen LogP) is 3.47. The maximum atomic E-state index is 12.3. The van der Waals surface area contributed by atoms with Crippen LogP contribution < -0.4 is 10.6 Å². The van der Waals surface area contributed by atoms with Gasteiger partial charge in [-0.2, -0.15) is 18.4 Å². The van der Waals surface area contributed by atoms with Crippen molar-refractivity contribution in [3.05, 3.63) is 10.4 Å². The van der Waals surface area contributed by atoms with Crippen molar-refractivity contribution in [2.24, 2.45) is 0 Å². The van der Waals surface area contributed by atoms with Crippen LogP contribution in [0.15, 0.2) is 0 Å². The van der Waals surface area contributed by atoms with Gasteiger partial charge in [-0.15, -0.1) is 11.3 Å². The van der Waals surface area contributed by atoms with E-state index in [1.807, 2.05) is 6.07 Å². The van der Waals surface area contributed by atoms with E-state index in [0.29, 0.717) is 21.5 Å². The number of nitrogen functional groups attached to an aromatic ring is 1. The van der Waals surface area contributed by atoms with Gasteiger partial charge in [0.1, 0.15) is 10.9 Å². The molecule has 1 aromatic heterocycles. The molecule has 1 saturated carbocycles. The van der Waals surface area contributed by atoms with E-state index in [2.05, 4.69) is 0 Å².